The molecule has 0 fully saturated rings. The Kier molecular flexibility index (Phi) is 3.25. The fraction of sp³-hybridized carbons (Fsp3) is 0.400. The van der Waals surface area contributed by atoms with Crippen molar-refractivity contribution in [3.63, 3.8) is 0 Å². The Labute approximate surface area is 77.7 Å². The molecule has 2 nitrogen and oxygen atoms in total. The third-order valence-electron chi connectivity index (χ3n) is 1.97. The largest absolute Gasteiger partial charge is 0.399 e. The average molecular weight is 182 g/mol. The predicted molar refractivity (Wildman–Crippen MR) is 52.8 cm³/mol. The molecule has 0 spiro atoms. The molecule has 0 aliphatic rings. The van der Waals surface area contributed by atoms with Gasteiger partial charge in [-0.3, -0.25) is 0 Å². The van der Waals surface area contributed by atoms with Crippen molar-refractivity contribution in [3.05, 3.63) is 29.6 Å². The maximum absolute atomic E-state index is 12.8. The first-order chi connectivity index (χ1) is 6.09. The molecule has 0 aliphatic carbocycles. The lowest BCUT2D eigenvalue weighted by molar-refractivity contribution is 0.620. The molecule has 0 aromatic heterocycles. The van der Waals surface area contributed by atoms with Crippen molar-refractivity contribution >= 4 is 5.69 Å². The fourth-order valence-electron chi connectivity index (χ4n) is 1.17. The van der Waals surface area contributed by atoms with Gasteiger partial charge in [-0.1, -0.05) is 0 Å². The topological polar surface area (TPSA) is 52.0 Å². The second kappa shape index (κ2) is 4.23. The molecular weight excluding hydrogens is 167 g/mol. The van der Waals surface area contributed by atoms with Crippen molar-refractivity contribution < 1.29 is 4.39 Å². The Morgan fingerprint density at radius 2 is 2.15 bits per heavy atom. The standard InChI is InChI=1S/C10H15FN2/c1-7(12)2-3-8-6-9(11)4-5-10(8)13/h4-7H,2-3,12-13H2,1H3/t7-/m0/s1. The molecule has 0 radical (unpaired) electrons. The van der Waals surface area contributed by atoms with Gasteiger partial charge in [-0.05, 0) is 43.5 Å². The van der Waals surface area contributed by atoms with Gasteiger partial charge < -0.3 is 11.5 Å². The van der Waals surface area contributed by atoms with E-state index in [9.17, 15) is 4.39 Å². The summed E-state index contributed by atoms with van der Waals surface area (Å²) in [6.45, 7) is 1.93. The maximum atomic E-state index is 12.8. The molecule has 0 bridgehead atoms. The van der Waals surface area contributed by atoms with Crippen LogP contribution in [0, 0.1) is 5.82 Å². The average Bonchev–Trinajstić information content (AvgIpc) is 2.06. The van der Waals surface area contributed by atoms with Crippen LogP contribution >= 0.6 is 0 Å². The van der Waals surface area contributed by atoms with Crippen LogP contribution in [0.25, 0.3) is 0 Å². The highest BCUT2D eigenvalue weighted by atomic mass is 19.1. The molecule has 3 heteroatoms. The quantitative estimate of drug-likeness (QED) is 0.699. The van der Waals surface area contributed by atoms with E-state index in [2.05, 4.69) is 0 Å². The van der Waals surface area contributed by atoms with Gasteiger partial charge >= 0.3 is 0 Å². The molecule has 0 saturated carbocycles. The third-order valence-corrected chi connectivity index (χ3v) is 1.97. The van der Waals surface area contributed by atoms with Crippen LogP contribution in [0.5, 0.6) is 0 Å². The monoisotopic (exact) mass is 182 g/mol. The van der Waals surface area contributed by atoms with Crippen LogP contribution < -0.4 is 11.5 Å². The van der Waals surface area contributed by atoms with Crippen molar-refractivity contribution in [1.82, 2.24) is 0 Å². The minimum atomic E-state index is -0.242. The van der Waals surface area contributed by atoms with Crippen molar-refractivity contribution in [1.29, 1.82) is 0 Å². The lowest BCUT2D eigenvalue weighted by Gasteiger charge is -2.07. The lowest BCUT2D eigenvalue weighted by atomic mass is 10.0. The second-order valence-electron chi connectivity index (χ2n) is 3.36. The summed E-state index contributed by atoms with van der Waals surface area (Å²) >= 11 is 0. The van der Waals surface area contributed by atoms with Crippen LogP contribution in [0.15, 0.2) is 18.2 Å². The van der Waals surface area contributed by atoms with E-state index in [0.717, 1.165) is 18.4 Å². The first-order valence-electron chi connectivity index (χ1n) is 4.39. The van der Waals surface area contributed by atoms with Gasteiger partial charge in [-0.2, -0.15) is 0 Å². The van der Waals surface area contributed by atoms with Crippen LogP contribution in [0.3, 0.4) is 0 Å². The molecule has 0 unspecified atom stereocenters. The Bertz CT molecular complexity index is 284. The van der Waals surface area contributed by atoms with E-state index >= 15 is 0 Å². The summed E-state index contributed by atoms with van der Waals surface area (Å²) < 4.78 is 12.8. The molecule has 1 aromatic rings. The Morgan fingerprint density at radius 1 is 1.46 bits per heavy atom. The van der Waals surface area contributed by atoms with Gasteiger partial charge in [-0.25, -0.2) is 4.39 Å². The number of hydrogen-bond acceptors (Lipinski definition) is 2. The first-order valence-corrected chi connectivity index (χ1v) is 4.39. The summed E-state index contributed by atoms with van der Waals surface area (Å²) in [6.07, 6.45) is 1.56. The minimum Gasteiger partial charge on any atom is -0.399 e. The number of rotatable bonds is 3. The van der Waals surface area contributed by atoms with Crippen molar-refractivity contribution in [3.8, 4) is 0 Å². The first kappa shape index (κ1) is 9.99. The van der Waals surface area contributed by atoms with Gasteiger partial charge in [0.2, 0.25) is 0 Å². The van der Waals surface area contributed by atoms with E-state index in [1.54, 1.807) is 6.07 Å². The molecular formula is C10H15FN2. The number of anilines is 1. The van der Waals surface area contributed by atoms with E-state index in [-0.39, 0.29) is 11.9 Å². The van der Waals surface area contributed by atoms with E-state index in [1.807, 2.05) is 6.92 Å². The molecule has 4 N–H and O–H groups in total. The van der Waals surface area contributed by atoms with Crippen LogP contribution in [-0.4, -0.2) is 6.04 Å². The summed E-state index contributed by atoms with van der Waals surface area (Å²) in [5.74, 6) is -0.242. The number of nitrogens with two attached hydrogens (primary N) is 2. The number of benzene rings is 1. The van der Waals surface area contributed by atoms with Gasteiger partial charge in [0, 0.05) is 11.7 Å². The maximum Gasteiger partial charge on any atom is 0.123 e. The molecule has 0 aliphatic heterocycles. The predicted octanol–water partition coefficient (Wildman–Crippen LogP) is 1.69. The highest BCUT2D eigenvalue weighted by Crippen LogP contribution is 2.15. The number of nitrogen functional groups attached to an aromatic ring is 1. The van der Waals surface area contributed by atoms with E-state index < -0.39 is 0 Å². The molecule has 1 rings (SSSR count). The normalized spacial score (nSPS) is 12.8. The fourth-order valence-corrected chi connectivity index (χ4v) is 1.17. The van der Waals surface area contributed by atoms with Gasteiger partial charge in [0.15, 0.2) is 0 Å². The van der Waals surface area contributed by atoms with Gasteiger partial charge in [0.05, 0.1) is 0 Å². The van der Waals surface area contributed by atoms with Crippen molar-refractivity contribution in [2.75, 3.05) is 5.73 Å². The minimum absolute atomic E-state index is 0.127. The van der Waals surface area contributed by atoms with Crippen LogP contribution in [0.1, 0.15) is 18.9 Å². The molecule has 13 heavy (non-hydrogen) atoms. The smallest absolute Gasteiger partial charge is 0.123 e. The summed E-state index contributed by atoms with van der Waals surface area (Å²) in [7, 11) is 0. The molecule has 0 heterocycles. The molecule has 0 saturated heterocycles. The zero-order valence-electron chi connectivity index (χ0n) is 7.76. The Morgan fingerprint density at radius 3 is 2.77 bits per heavy atom. The summed E-state index contributed by atoms with van der Waals surface area (Å²) in [4.78, 5) is 0. The Hall–Kier alpha value is -1.09. The highest BCUT2D eigenvalue weighted by Gasteiger charge is 2.02. The summed E-state index contributed by atoms with van der Waals surface area (Å²) in [5, 5.41) is 0. The third kappa shape index (κ3) is 3.03. The molecule has 0 amide bonds. The lowest BCUT2D eigenvalue weighted by Crippen LogP contribution is -2.15. The van der Waals surface area contributed by atoms with Gasteiger partial charge in [-0.15, -0.1) is 0 Å². The van der Waals surface area contributed by atoms with Crippen molar-refractivity contribution in [2.45, 2.75) is 25.8 Å². The van der Waals surface area contributed by atoms with Gasteiger partial charge in [0.1, 0.15) is 5.82 Å². The number of aryl methyl sites for hydroxylation is 1. The van der Waals surface area contributed by atoms with E-state index in [4.69, 9.17) is 11.5 Å². The van der Waals surface area contributed by atoms with Crippen LogP contribution in [0.2, 0.25) is 0 Å². The Balaban J connectivity index is 2.70. The zero-order chi connectivity index (χ0) is 9.84. The van der Waals surface area contributed by atoms with Crippen molar-refractivity contribution in [2.24, 2.45) is 5.73 Å². The van der Waals surface area contributed by atoms with E-state index in [0.29, 0.717) is 5.69 Å². The summed E-state index contributed by atoms with van der Waals surface area (Å²) in [6, 6.07) is 4.55. The van der Waals surface area contributed by atoms with Crippen LogP contribution in [0.4, 0.5) is 10.1 Å². The number of hydrogen-bond donors (Lipinski definition) is 2. The zero-order valence-corrected chi connectivity index (χ0v) is 7.76. The highest BCUT2D eigenvalue weighted by molar-refractivity contribution is 5.46. The SMILES string of the molecule is C[C@H](N)CCc1cc(F)ccc1N. The molecule has 1 atom stereocenters. The second-order valence-corrected chi connectivity index (χ2v) is 3.36. The van der Waals surface area contributed by atoms with Gasteiger partial charge in [0.25, 0.3) is 0 Å². The number of halogens is 1. The summed E-state index contributed by atoms with van der Waals surface area (Å²) in [5.41, 5.74) is 12.7. The van der Waals surface area contributed by atoms with E-state index in [1.165, 1.54) is 12.1 Å². The molecule has 1 aromatic carbocycles. The molecule has 72 valence electrons. The van der Waals surface area contributed by atoms with Crippen LogP contribution in [-0.2, 0) is 6.42 Å².